The molecule has 4 rings (SSSR count). The number of anilines is 1. The van der Waals surface area contributed by atoms with Crippen LogP contribution in [0.15, 0.2) is 69.6 Å². The number of ether oxygens (including phenoxy) is 1. The summed E-state index contributed by atoms with van der Waals surface area (Å²) in [5.41, 5.74) is 4.75. The Balaban J connectivity index is 1.42. The van der Waals surface area contributed by atoms with E-state index in [1.54, 1.807) is 12.1 Å². The fourth-order valence-corrected chi connectivity index (χ4v) is 3.68. The molecule has 1 amide bonds. The Bertz CT molecular complexity index is 1240. The number of rotatable bonds is 7. The van der Waals surface area contributed by atoms with Crippen molar-refractivity contribution in [2.75, 3.05) is 5.32 Å². The molecule has 0 bridgehead atoms. The maximum Gasteiger partial charge on any atom is 0.291 e. The lowest BCUT2D eigenvalue weighted by molar-refractivity contribution is 0.0992. The van der Waals surface area contributed by atoms with Gasteiger partial charge in [0.1, 0.15) is 18.1 Å². The van der Waals surface area contributed by atoms with Crippen molar-refractivity contribution in [1.82, 2.24) is 9.78 Å². The number of carbonyl (C=O) groups is 1. The van der Waals surface area contributed by atoms with E-state index in [-0.39, 0.29) is 18.3 Å². The van der Waals surface area contributed by atoms with E-state index in [2.05, 4.69) is 45.4 Å². The highest BCUT2D eigenvalue weighted by molar-refractivity contribution is 9.10. The summed E-state index contributed by atoms with van der Waals surface area (Å²) in [5.74, 6) is 1.20. The molecule has 32 heavy (non-hydrogen) atoms. The summed E-state index contributed by atoms with van der Waals surface area (Å²) < 4.78 is 14.3. The second kappa shape index (κ2) is 9.44. The Hall–Kier alpha value is -3.32. The molecule has 0 unspecified atom stereocenters. The van der Waals surface area contributed by atoms with Crippen molar-refractivity contribution in [3.8, 4) is 5.75 Å². The van der Waals surface area contributed by atoms with E-state index in [0.717, 1.165) is 21.6 Å². The summed E-state index contributed by atoms with van der Waals surface area (Å²) in [6.07, 6.45) is 0. The van der Waals surface area contributed by atoms with E-state index in [4.69, 9.17) is 9.15 Å². The summed E-state index contributed by atoms with van der Waals surface area (Å²) in [7, 11) is 0. The topological polar surface area (TPSA) is 69.3 Å². The molecular weight excluding hydrogens is 470 g/mol. The van der Waals surface area contributed by atoms with E-state index in [1.165, 1.54) is 11.1 Å². The molecule has 0 aliphatic rings. The number of furan rings is 1. The SMILES string of the molecule is Cc1ccccc1Cn1nc(C)c(NC(=O)c2ccc(COc3ccc(Br)cc3)o2)c1C. The minimum atomic E-state index is -0.318. The number of aromatic nitrogens is 2. The zero-order valence-electron chi connectivity index (χ0n) is 18.2. The Kier molecular flexibility index (Phi) is 6.46. The van der Waals surface area contributed by atoms with Crippen LogP contribution in [0.1, 0.15) is 38.8 Å². The van der Waals surface area contributed by atoms with Crippen molar-refractivity contribution < 1.29 is 13.9 Å². The molecule has 2 aromatic carbocycles. The fraction of sp³-hybridized carbons (Fsp3) is 0.200. The van der Waals surface area contributed by atoms with Crippen molar-refractivity contribution in [2.45, 2.75) is 33.9 Å². The Labute approximate surface area is 195 Å². The van der Waals surface area contributed by atoms with Gasteiger partial charge in [-0.2, -0.15) is 5.10 Å². The van der Waals surface area contributed by atoms with Crippen molar-refractivity contribution in [3.63, 3.8) is 0 Å². The molecule has 2 heterocycles. The van der Waals surface area contributed by atoms with E-state index >= 15 is 0 Å². The lowest BCUT2D eigenvalue weighted by atomic mass is 10.1. The molecular formula is C25H24BrN3O3. The molecule has 0 saturated heterocycles. The predicted octanol–water partition coefficient (Wildman–Crippen LogP) is 6.04. The predicted molar refractivity (Wildman–Crippen MR) is 127 cm³/mol. The van der Waals surface area contributed by atoms with Crippen LogP contribution in [0.5, 0.6) is 5.75 Å². The number of halogens is 1. The van der Waals surface area contributed by atoms with Gasteiger partial charge in [0.15, 0.2) is 5.76 Å². The molecule has 0 radical (unpaired) electrons. The minimum Gasteiger partial charge on any atom is -0.486 e. The third kappa shape index (κ3) is 4.94. The van der Waals surface area contributed by atoms with E-state index in [1.807, 2.05) is 54.9 Å². The zero-order valence-corrected chi connectivity index (χ0v) is 19.8. The highest BCUT2D eigenvalue weighted by Gasteiger charge is 2.18. The molecule has 164 valence electrons. The lowest BCUT2D eigenvalue weighted by Gasteiger charge is -2.08. The highest BCUT2D eigenvalue weighted by atomic mass is 79.9. The second-order valence-electron chi connectivity index (χ2n) is 7.59. The van der Waals surface area contributed by atoms with Crippen LogP contribution < -0.4 is 10.1 Å². The number of aryl methyl sites for hydroxylation is 2. The third-order valence-corrected chi connectivity index (χ3v) is 5.81. The van der Waals surface area contributed by atoms with Crippen LogP contribution in [0.25, 0.3) is 0 Å². The number of nitrogens with one attached hydrogen (secondary N) is 1. The molecule has 0 fully saturated rings. The summed E-state index contributed by atoms with van der Waals surface area (Å²) in [6, 6.07) is 19.1. The smallest absolute Gasteiger partial charge is 0.291 e. The van der Waals surface area contributed by atoms with Crippen LogP contribution in [-0.4, -0.2) is 15.7 Å². The van der Waals surface area contributed by atoms with Gasteiger partial charge in [0, 0.05) is 4.47 Å². The first-order valence-corrected chi connectivity index (χ1v) is 11.1. The monoisotopic (exact) mass is 493 g/mol. The molecule has 0 aliphatic carbocycles. The van der Waals surface area contributed by atoms with Crippen LogP contribution in [0, 0.1) is 20.8 Å². The molecule has 1 N–H and O–H groups in total. The van der Waals surface area contributed by atoms with Crippen molar-refractivity contribution in [3.05, 3.63) is 99.2 Å². The van der Waals surface area contributed by atoms with Crippen LogP contribution in [0.2, 0.25) is 0 Å². The first-order valence-electron chi connectivity index (χ1n) is 10.3. The van der Waals surface area contributed by atoms with Gasteiger partial charge in [0.2, 0.25) is 0 Å². The quantitative estimate of drug-likeness (QED) is 0.340. The number of amides is 1. The van der Waals surface area contributed by atoms with Crippen LogP contribution in [0.3, 0.4) is 0 Å². The molecule has 0 atom stereocenters. The van der Waals surface area contributed by atoms with Gasteiger partial charge in [-0.25, -0.2) is 0 Å². The van der Waals surface area contributed by atoms with Crippen molar-refractivity contribution >= 4 is 27.5 Å². The molecule has 2 aromatic heterocycles. The van der Waals surface area contributed by atoms with Gasteiger partial charge in [0.25, 0.3) is 5.91 Å². The first-order chi connectivity index (χ1) is 15.4. The van der Waals surface area contributed by atoms with Gasteiger partial charge < -0.3 is 14.5 Å². The van der Waals surface area contributed by atoms with E-state index in [9.17, 15) is 4.79 Å². The third-order valence-electron chi connectivity index (χ3n) is 5.28. The lowest BCUT2D eigenvalue weighted by Crippen LogP contribution is -2.12. The number of carbonyl (C=O) groups excluding carboxylic acids is 1. The molecule has 0 spiro atoms. The van der Waals surface area contributed by atoms with E-state index < -0.39 is 0 Å². The molecule has 4 aromatic rings. The second-order valence-corrected chi connectivity index (χ2v) is 8.51. The van der Waals surface area contributed by atoms with Gasteiger partial charge >= 0.3 is 0 Å². The highest BCUT2D eigenvalue weighted by Crippen LogP contribution is 2.23. The number of benzene rings is 2. The van der Waals surface area contributed by atoms with Gasteiger partial charge in [-0.15, -0.1) is 0 Å². The largest absolute Gasteiger partial charge is 0.486 e. The van der Waals surface area contributed by atoms with Crippen molar-refractivity contribution in [2.24, 2.45) is 0 Å². The van der Waals surface area contributed by atoms with Crippen LogP contribution in [-0.2, 0) is 13.2 Å². The van der Waals surface area contributed by atoms with Gasteiger partial charge in [-0.05, 0) is 68.3 Å². The minimum absolute atomic E-state index is 0.227. The van der Waals surface area contributed by atoms with Crippen LogP contribution in [0.4, 0.5) is 5.69 Å². The Morgan fingerprint density at radius 3 is 2.56 bits per heavy atom. The number of hydrogen-bond acceptors (Lipinski definition) is 4. The van der Waals surface area contributed by atoms with E-state index in [0.29, 0.717) is 18.0 Å². The standard InChI is InChI=1S/C25H24BrN3O3/c1-16-6-4-5-7-19(16)14-29-18(3)24(17(2)28-29)27-25(30)23-13-12-22(32-23)15-31-21-10-8-20(26)9-11-21/h4-13H,14-15H2,1-3H3,(H,27,30). The normalized spacial score (nSPS) is 10.9. The molecule has 0 saturated carbocycles. The molecule has 7 heteroatoms. The average molecular weight is 494 g/mol. The number of hydrogen-bond donors (Lipinski definition) is 1. The van der Waals surface area contributed by atoms with Gasteiger partial charge in [0.05, 0.1) is 23.6 Å². The molecule has 6 nitrogen and oxygen atoms in total. The number of nitrogens with zero attached hydrogens (tertiary/aromatic N) is 2. The summed E-state index contributed by atoms with van der Waals surface area (Å²) in [5, 5.41) is 7.56. The van der Waals surface area contributed by atoms with Crippen molar-refractivity contribution in [1.29, 1.82) is 0 Å². The maximum atomic E-state index is 12.8. The van der Waals surface area contributed by atoms with Gasteiger partial charge in [-0.1, -0.05) is 40.2 Å². The fourth-order valence-electron chi connectivity index (χ4n) is 3.42. The van der Waals surface area contributed by atoms with Crippen LogP contribution >= 0.6 is 15.9 Å². The zero-order chi connectivity index (χ0) is 22.7. The maximum absolute atomic E-state index is 12.8. The summed E-state index contributed by atoms with van der Waals surface area (Å²) >= 11 is 3.39. The first kappa shape index (κ1) is 21.9. The van der Waals surface area contributed by atoms with Gasteiger partial charge in [-0.3, -0.25) is 9.48 Å². The Morgan fingerprint density at radius 2 is 1.81 bits per heavy atom. The summed E-state index contributed by atoms with van der Waals surface area (Å²) in [4.78, 5) is 12.8. The average Bonchev–Trinajstić information content (AvgIpc) is 3.35. The molecule has 0 aliphatic heterocycles. The Morgan fingerprint density at radius 1 is 1.06 bits per heavy atom. The summed E-state index contributed by atoms with van der Waals surface area (Å²) in [6.45, 7) is 6.80.